The van der Waals surface area contributed by atoms with Gasteiger partial charge in [-0.15, -0.1) is 0 Å². The molecule has 3 nitrogen and oxygen atoms in total. The largest absolute Gasteiger partial charge is 0.390 e. The number of ether oxygens (including phenoxy) is 1. The van der Waals surface area contributed by atoms with Crippen LogP contribution < -0.4 is 5.32 Å². The molecule has 0 radical (unpaired) electrons. The van der Waals surface area contributed by atoms with Gasteiger partial charge in [0.05, 0.1) is 11.2 Å². The van der Waals surface area contributed by atoms with E-state index in [1.165, 1.54) is 19.3 Å². The van der Waals surface area contributed by atoms with Crippen LogP contribution >= 0.6 is 0 Å². The predicted octanol–water partition coefficient (Wildman–Crippen LogP) is 2.72. The van der Waals surface area contributed by atoms with Gasteiger partial charge in [0.15, 0.2) is 0 Å². The molecule has 2 atom stereocenters. The molecule has 2 fully saturated rings. The van der Waals surface area contributed by atoms with Crippen LogP contribution in [-0.2, 0) is 4.74 Å². The Kier molecular flexibility index (Phi) is 4.91. The molecule has 2 unspecified atom stereocenters. The van der Waals surface area contributed by atoms with Crippen LogP contribution in [0.25, 0.3) is 0 Å². The maximum Gasteiger partial charge on any atom is 0.0686 e. The van der Waals surface area contributed by atoms with E-state index >= 15 is 0 Å². The Hall–Kier alpha value is -0.120. The van der Waals surface area contributed by atoms with Gasteiger partial charge < -0.3 is 15.2 Å². The average molecular weight is 269 g/mol. The van der Waals surface area contributed by atoms with Crippen LogP contribution in [0.2, 0.25) is 0 Å². The highest BCUT2D eigenvalue weighted by Crippen LogP contribution is 2.47. The standard InChI is InChI=1S/C16H31NO2/c1-13(2)12-17-9-8-15(3,18)14-5-10-19-16(11-14)6-4-7-16/h13-14,17-18H,4-12H2,1-3H3. The van der Waals surface area contributed by atoms with Gasteiger partial charge in [0.2, 0.25) is 0 Å². The molecule has 1 saturated heterocycles. The van der Waals surface area contributed by atoms with Gasteiger partial charge in [-0.1, -0.05) is 13.8 Å². The lowest BCUT2D eigenvalue weighted by Gasteiger charge is -2.50. The fraction of sp³-hybridized carbons (Fsp3) is 1.00. The summed E-state index contributed by atoms with van der Waals surface area (Å²) < 4.78 is 5.96. The third kappa shape index (κ3) is 3.93. The molecule has 1 aliphatic heterocycles. The van der Waals surface area contributed by atoms with Crippen molar-refractivity contribution in [1.29, 1.82) is 0 Å². The van der Waals surface area contributed by atoms with E-state index in [2.05, 4.69) is 19.2 Å². The van der Waals surface area contributed by atoms with E-state index in [-0.39, 0.29) is 5.60 Å². The van der Waals surface area contributed by atoms with Crippen LogP contribution in [0.4, 0.5) is 0 Å². The Balaban J connectivity index is 1.77. The second kappa shape index (κ2) is 6.11. The van der Waals surface area contributed by atoms with E-state index in [0.29, 0.717) is 11.8 Å². The van der Waals surface area contributed by atoms with Crippen LogP contribution in [-0.4, -0.2) is 36.0 Å². The third-order valence-corrected chi connectivity index (χ3v) is 5.00. The molecule has 2 aliphatic rings. The van der Waals surface area contributed by atoms with Gasteiger partial charge in [0.1, 0.15) is 0 Å². The quantitative estimate of drug-likeness (QED) is 0.729. The second-order valence-electron chi connectivity index (χ2n) is 7.28. The first-order valence-corrected chi connectivity index (χ1v) is 8.01. The third-order valence-electron chi connectivity index (χ3n) is 5.00. The van der Waals surface area contributed by atoms with Crippen molar-refractivity contribution in [2.45, 2.75) is 70.5 Å². The van der Waals surface area contributed by atoms with Gasteiger partial charge in [0, 0.05) is 6.61 Å². The molecule has 1 heterocycles. The van der Waals surface area contributed by atoms with Crippen molar-refractivity contribution in [2.75, 3.05) is 19.7 Å². The van der Waals surface area contributed by atoms with Gasteiger partial charge >= 0.3 is 0 Å². The molecule has 19 heavy (non-hydrogen) atoms. The van der Waals surface area contributed by atoms with Crippen LogP contribution in [0, 0.1) is 11.8 Å². The number of nitrogens with one attached hydrogen (secondary N) is 1. The normalized spacial score (nSPS) is 29.2. The Labute approximate surface area is 118 Å². The topological polar surface area (TPSA) is 41.5 Å². The summed E-state index contributed by atoms with van der Waals surface area (Å²) in [7, 11) is 0. The molecule has 112 valence electrons. The molecule has 0 amide bonds. The SMILES string of the molecule is CC(C)CNCCC(C)(O)C1CCOC2(CCC2)C1. The molecule has 0 aromatic rings. The van der Waals surface area contributed by atoms with E-state index in [4.69, 9.17) is 4.74 Å². The Morgan fingerprint density at radius 3 is 2.74 bits per heavy atom. The number of hydrogen-bond acceptors (Lipinski definition) is 3. The molecule has 0 aromatic carbocycles. The van der Waals surface area contributed by atoms with Crippen molar-refractivity contribution in [3.63, 3.8) is 0 Å². The molecule has 1 spiro atoms. The number of rotatable bonds is 6. The monoisotopic (exact) mass is 269 g/mol. The van der Waals surface area contributed by atoms with Gasteiger partial charge in [0.25, 0.3) is 0 Å². The minimum absolute atomic E-state index is 0.137. The summed E-state index contributed by atoms with van der Waals surface area (Å²) in [4.78, 5) is 0. The molecule has 0 bridgehead atoms. The van der Waals surface area contributed by atoms with Crippen LogP contribution in [0.5, 0.6) is 0 Å². The van der Waals surface area contributed by atoms with Crippen LogP contribution in [0.15, 0.2) is 0 Å². The van der Waals surface area contributed by atoms with E-state index in [1.807, 2.05) is 6.92 Å². The zero-order valence-corrected chi connectivity index (χ0v) is 12.9. The molecule has 2 rings (SSSR count). The lowest BCUT2D eigenvalue weighted by atomic mass is 9.67. The first-order valence-electron chi connectivity index (χ1n) is 8.01. The van der Waals surface area contributed by atoms with Crippen molar-refractivity contribution < 1.29 is 9.84 Å². The predicted molar refractivity (Wildman–Crippen MR) is 78.2 cm³/mol. The highest BCUT2D eigenvalue weighted by molar-refractivity contribution is 4.98. The first kappa shape index (κ1) is 15.3. The molecule has 1 aliphatic carbocycles. The maximum absolute atomic E-state index is 10.8. The highest BCUT2D eigenvalue weighted by Gasteiger charge is 2.46. The Morgan fingerprint density at radius 1 is 1.42 bits per heavy atom. The van der Waals surface area contributed by atoms with Crippen molar-refractivity contribution in [1.82, 2.24) is 5.32 Å². The summed E-state index contributed by atoms with van der Waals surface area (Å²) in [6, 6.07) is 0. The molecule has 3 heteroatoms. The highest BCUT2D eigenvalue weighted by atomic mass is 16.5. The summed E-state index contributed by atoms with van der Waals surface area (Å²) in [5.41, 5.74) is -0.408. The van der Waals surface area contributed by atoms with Gasteiger partial charge in [-0.05, 0) is 70.4 Å². The summed E-state index contributed by atoms with van der Waals surface area (Å²) in [5, 5.41) is 14.2. The second-order valence-corrected chi connectivity index (χ2v) is 7.28. The maximum atomic E-state index is 10.8. The van der Waals surface area contributed by atoms with E-state index < -0.39 is 5.60 Å². The average Bonchev–Trinajstić information content (AvgIpc) is 2.33. The molecule has 2 N–H and O–H groups in total. The summed E-state index contributed by atoms with van der Waals surface area (Å²) >= 11 is 0. The van der Waals surface area contributed by atoms with Crippen LogP contribution in [0.3, 0.4) is 0 Å². The first-order chi connectivity index (χ1) is 8.94. The Bertz CT molecular complexity index is 284. The van der Waals surface area contributed by atoms with Crippen molar-refractivity contribution in [2.24, 2.45) is 11.8 Å². The minimum Gasteiger partial charge on any atom is -0.390 e. The van der Waals surface area contributed by atoms with Gasteiger partial charge in [-0.25, -0.2) is 0 Å². The fourth-order valence-corrected chi connectivity index (χ4v) is 3.41. The smallest absolute Gasteiger partial charge is 0.0686 e. The fourth-order valence-electron chi connectivity index (χ4n) is 3.41. The van der Waals surface area contributed by atoms with E-state index in [9.17, 15) is 5.11 Å². The number of hydrogen-bond donors (Lipinski definition) is 2. The van der Waals surface area contributed by atoms with Crippen molar-refractivity contribution >= 4 is 0 Å². The van der Waals surface area contributed by atoms with Gasteiger partial charge in [-0.3, -0.25) is 0 Å². The molecule has 1 saturated carbocycles. The van der Waals surface area contributed by atoms with Crippen molar-refractivity contribution in [3.05, 3.63) is 0 Å². The van der Waals surface area contributed by atoms with E-state index in [1.54, 1.807) is 0 Å². The zero-order chi connectivity index (χ0) is 13.9. The molecule has 0 aromatic heterocycles. The summed E-state index contributed by atoms with van der Waals surface area (Å²) in [6.45, 7) is 9.23. The lowest BCUT2D eigenvalue weighted by molar-refractivity contribution is -0.173. The Morgan fingerprint density at radius 2 is 2.16 bits per heavy atom. The lowest BCUT2D eigenvalue weighted by Crippen LogP contribution is -2.51. The molecular formula is C16H31NO2. The molecular weight excluding hydrogens is 238 g/mol. The van der Waals surface area contributed by atoms with E-state index in [0.717, 1.165) is 39.0 Å². The van der Waals surface area contributed by atoms with Crippen LogP contribution in [0.1, 0.15) is 59.3 Å². The van der Waals surface area contributed by atoms with Gasteiger partial charge in [-0.2, -0.15) is 0 Å². The van der Waals surface area contributed by atoms with Crippen molar-refractivity contribution in [3.8, 4) is 0 Å². The zero-order valence-electron chi connectivity index (χ0n) is 12.9. The summed E-state index contributed by atoms with van der Waals surface area (Å²) in [5.74, 6) is 1.08. The number of aliphatic hydroxyl groups is 1. The summed E-state index contributed by atoms with van der Waals surface area (Å²) in [6.07, 6.45) is 6.62. The minimum atomic E-state index is -0.545.